The molecule has 0 aliphatic rings. The molecule has 0 spiro atoms. The van der Waals surface area contributed by atoms with E-state index in [0.29, 0.717) is 11.3 Å². The minimum Gasteiger partial charge on any atom is -0.497 e. The van der Waals surface area contributed by atoms with Gasteiger partial charge in [-0.15, -0.1) is 0 Å². The molecule has 0 N–H and O–H groups in total. The Morgan fingerprint density at radius 3 is 2.67 bits per heavy atom. The maximum absolute atomic E-state index is 12.0. The maximum Gasteiger partial charge on any atom is 0.435 e. The Hall–Kier alpha value is -2.04. The van der Waals surface area contributed by atoms with Crippen LogP contribution in [-0.2, 0) is 4.74 Å². The number of fused-ring (bicyclic) bond motifs is 1. The number of benzene rings is 1. The molecule has 0 saturated heterocycles. The van der Waals surface area contributed by atoms with Crippen molar-refractivity contribution >= 4 is 17.0 Å². The molecule has 0 saturated carbocycles. The van der Waals surface area contributed by atoms with Gasteiger partial charge in [0.15, 0.2) is 0 Å². The standard InChI is InChI=1S/C13H16N2O3/c1-13(2,3)18-12(16)15-11-7-10(17-4)6-5-9(11)8-14-15/h5-8H,1-4H3. The topological polar surface area (TPSA) is 53.4 Å². The van der Waals surface area contributed by atoms with Crippen molar-refractivity contribution in [3.63, 3.8) is 0 Å². The summed E-state index contributed by atoms with van der Waals surface area (Å²) >= 11 is 0. The van der Waals surface area contributed by atoms with E-state index in [-0.39, 0.29) is 0 Å². The third kappa shape index (κ3) is 2.45. The highest BCUT2D eigenvalue weighted by Crippen LogP contribution is 2.21. The maximum atomic E-state index is 12.0. The zero-order chi connectivity index (χ0) is 13.3. The van der Waals surface area contributed by atoms with Crippen molar-refractivity contribution < 1.29 is 14.3 Å². The number of hydrogen-bond donors (Lipinski definition) is 0. The molecule has 0 aliphatic heterocycles. The Labute approximate surface area is 105 Å². The van der Waals surface area contributed by atoms with Crippen molar-refractivity contribution in [2.24, 2.45) is 0 Å². The fourth-order valence-electron chi connectivity index (χ4n) is 1.58. The van der Waals surface area contributed by atoms with Gasteiger partial charge in [0.25, 0.3) is 0 Å². The predicted octanol–water partition coefficient (Wildman–Crippen LogP) is 2.83. The number of carbonyl (C=O) groups excluding carboxylic acids is 1. The van der Waals surface area contributed by atoms with Crippen LogP contribution in [-0.4, -0.2) is 28.6 Å². The summed E-state index contributed by atoms with van der Waals surface area (Å²) in [4.78, 5) is 12.0. The van der Waals surface area contributed by atoms with Crippen LogP contribution in [0.1, 0.15) is 20.8 Å². The lowest BCUT2D eigenvalue weighted by Crippen LogP contribution is -2.27. The van der Waals surface area contributed by atoms with Crippen molar-refractivity contribution in [1.29, 1.82) is 0 Å². The minimum absolute atomic E-state index is 0.495. The quantitative estimate of drug-likeness (QED) is 0.778. The van der Waals surface area contributed by atoms with E-state index in [0.717, 1.165) is 5.39 Å². The van der Waals surface area contributed by atoms with Crippen molar-refractivity contribution in [3.05, 3.63) is 24.4 Å². The van der Waals surface area contributed by atoms with Crippen LogP contribution in [0.15, 0.2) is 24.4 Å². The molecule has 1 heterocycles. The van der Waals surface area contributed by atoms with Gasteiger partial charge in [0, 0.05) is 11.5 Å². The van der Waals surface area contributed by atoms with Crippen molar-refractivity contribution in [2.75, 3.05) is 7.11 Å². The third-order valence-electron chi connectivity index (χ3n) is 2.34. The molecule has 0 bridgehead atoms. The van der Waals surface area contributed by atoms with Crippen LogP contribution in [0.5, 0.6) is 5.75 Å². The van der Waals surface area contributed by atoms with Crippen LogP contribution in [0, 0.1) is 0 Å². The lowest BCUT2D eigenvalue weighted by molar-refractivity contribution is 0.0523. The molecule has 5 nitrogen and oxygen atoms in total. The number of hydrogen-bond acceptors (Lipinski definition) is 4. The molecular weight excluding hydrogens is 232 g/mol. The second kappa shape index (κ2) is 4.33. The molecule has 0 aliphatic carbocycles. The summed E-state index contributed by atoms with van der Waals surface area (Å²) in [6, 6.07) is 5.43. The van der Waals surface area contributed by atoms with E-state index in [1.165, 1.54) is 4.68 Å². The molecule has 1 aromatic carbocycles. The van der Waals surface area contributed by atoms with Gasteiger partial charge in [-0.05, 0) is 32.9 Å². The minimum atomic E-state index is -0.547. The SMILES string of the molecule is COc1ccc2cnn(C(=O)OC(C)(C)C)c2c1. The van der Waals surface area contributed by atoms with E-state index < -0.39 is 11.7 Å². The lowest BCUT2D eigenvalue weighted by Gasteiger charge is -2.19. The zero-order valence-corrected chi connectivity index (χ0v) is 10.9. The first-order valence-electron chi connectivity index (χ1n) is 5.66. The molecule has 5 heteroatoms. The highest BCUT2D eigenvalue weighted by atomic mass is 16.6. The number of carbonyl (C=O) groups is 1. The smallest absolute Gasteiger partial charge is 0.435 e. The molecule has 0 atom stereocenters. The number of rotatable bonds is 1. The Kier molecular flexibility index (Phi) is 2.98. The number of nitrogens with zero attached hydrogens (tertiary/aromatic N) is 2. The highest BCUT2D eigenvalue weighted by Gasteiger charge is 2.20. The summed E-state index contributed by atoms with van der Waals surface area (Å²) in [7, 11) is 1.58. The Morgan fingerprint density at radius 2 is 2.06 bits per heavy atom. The van der Waals surface area contributed by atoms with Gasteiger partial charge in [0.05, 0.1) is 18.8 Å². The number of methoxy groups -OCH3 is 1. The van der Waals surface area contributed by atoms with Crippen LogP contribution in [0.4, 0.5) is 4.79 Å². The molecule has 0 unspecified atom stereocenters. The van der Waals surface area contributed by atoms with E-state index in [4.69, 9.17) is 9.47 Å². The molecule has 0 fully saturated rings. The van der Waals surface area contributed by atoms with Gasteiger partial charge < -0.3 is 9.47 Å². The fourth-order valence-corrected chi connectivity index (χ4v) is 1.58. The van der Waals surface area contributed by atoms with Gasteiger partial charge in [0.1, 0.15) is 11.4 Å². The number of ether oxygens (including phenoxy) is 2. The van der Waals surface area contributed by atoms with Crippen LogP contribution >= 0.6 is 0 Å². The van der Waals surface area contributed by atoms with Gasteiger partial charge in [0.2, 0.25) is 0 Å². The first kappa shape index (κ1) is 12.4. The van der Waals surface area contributed by atoms with Gasteiger partial charge >= 0.3 is 6.09 Å². The summed E-state index contributed by atoms with van der Waals surface area (Å²) in [6.45, 7) is 5.45. The van der Waals surface area contributed by atoms with Gasteiger partial charge in [-0.25, -0.2) is 4.79 Å². The lowest BCUT2D eigenvalue weighted by atomic mass is 10.2. The summed E-state index contributed by atoms with van der Waals surface area (Å²) in [5.74, 6) is 0.674. The monoisotopic (exact) mass is 248 g/mol. The largest absolute Gasteiger partial charge is 0.497 e. The predicted molar refractivity (Wildman–Crippen MR) is 67.9 cm³/mol. The average molecular weight is 248 g/mol. The summed E-state index contributed by atoms with van der Waals surface area (Å²) in [5, 5.41) is 4.90. The first-order valence-corrected chi connectivity index (χ1v) is 5.66. The molecule has 96 valence electrons. The van der Waals surface area contributed by atoms with Crippen molar-refractivity contribution in [2.45, 2.75) is 26.4 Å². The second-order valence-corrected chi connectivity index (χ2v) is 4.96. The number of aromatic nitrogens is 2. The molecule has 2 rings (SSSR count). The van der Waals surface area contributed by atoms with E-state index in [1.54, 1.807) is 19.4 Å². The van der Waals surface area contributed by atoms with Crippen LogP contribution < -0.4 is 4.74 Å². The average Bonchev–Trinajstić information content (AvgIpc) is 2.69. The fraction of sp³-hybridized carbons (Fsp3) is 0.385. The zero-order valence-electron chi connectivity index (χ0n) is 10.9. The van der Waals surface area contributed by atoms with E-state index in [9.17, 15) is 4.79 Å². The van der Waals surface area contributed by atoms with Gasteiger partial charge in [-0.1, -0.05) is 0 Å². The normalized spacial score (nSPS) is 11.6. The van der Waals surface area contributed by atoms with E-state index >= 15 is 0 Å². The van der Waals surface area contributed by atoms with Crippen LogP contribution in [0.2, 0.25) is 0 Å². The van der Waals surface area contributed by atoms with Gasteiger partial charge in [-0.3, -0.25) is 0 Å². The van der Waals surface area contributed by atoms with Gasteiger partial charge in [-0.2, -0.15) is 9.78 Å². The highest BCUT2D eigenvalue weighted by molar-refractivity contribution is 5.88. The van der Waals surface area contributed by atoms with Crippen molar-refractivity contribution in [1.82, 2.24) is 9.78 Å². The molecule has 2 aromatic rings. The second-order valence-electron chi connectivity index (χ2n) is 4.96. The molecule has 1 aromatic heterocycles. The Bertz CT molecular complexity index is 581. The Morgan fingerprint density at radius 1 is 1.33 bits per heavy atom. The van der Waals surface area contributed by atoms with E-state index in [2.05, 4.69) is 5.10 Å². The summed E-state index contributed by atoms with van der Waals surface area (Å²) < 4.78 is 11.7. The Balaban J connectivity index is 2.42. The molecule has 18 heavy (non-hydrogen) atoms. The summed E-state index contributed by atoms with van der Waals surface area (Å²) in [6.07, 6.45) is 1.13. The third-order valence-corrected chi connectivity index (χ3v) is 2.34. The molecular formula is C13H16N2O3. The van der Waals surface area contributed by atoms with Crippen LogP contribution in [0.3, 0.4) is 0 Å². The first-order chi connectivity index (χ1) is 8.40. The summed E-state index contributed by atoms with van der Waals surface area (Å²) in [5.41, 5.74) is 0.123. The van der Waals surface area contributed by atoms with E-state index in [1.807, 2.05) is 32.9 Å². The van der Waals surface area contributed by atoms with Crippen LogP contribution in [0.25, 0.3) is 10.9 Å². The van der Waals surface area contributed by atoms with Crippen molar-refractivity contribution in [3.8, 4) is 5.75 Å². The molecule has 0 radical (unpaired) electrons. The molecule has 0 amide bonds.